The lowest BCUT2D eigenvalue weighted by molar-refractivity contribution is -0.115. The van der Waals surface area contributed by atoms with E-state index in [4.69, 9.17) is 0 Å². The van der Waals surface area contributed by atoms with Crippen LogP contribution in [0, 0.1) is 19.8 Å². The minimum absolute atomic E-state index is 0.0715. The number of nitrogens with one attached hydrogen (secondary N) is 1. The van der Waals surface area contributed by atoms with E-state index in [-0.39, 0.29) is 5.91 Å². The maximum Gasteiger partial charge on any atom is 0.275 e. The molecule has 1 fully saturated rings. The molecule has 3 heteroatoms. The summed E-state index contributed by atoms with van der Waals surface area (Å²) < 4.78 is 0. The molecular weight excluding hydrogens is 224 g/mol. The highest BCUT2D eigenvalue weighted by Crippen LogP contribution is 2.32. The molecule has 0 spiro atoms. The number of amidine groups is 1. The highest BCUT2D eigenvalue weighted by molar-refractivity contribution is 6.15. The number of benzene rings is 1. The van der Waals surface area contributed by atoms with Gasteiger partial charge in [-0.3, -0.25) is 4.79 Å². The molecule has 0 saturated heterocycles. The zero-order chi connectivity index (χ0) is 12.7. The summed E-state index contributed by atoms with van der Waals surface area (Å²) in [6.07, 6.45) is 4.18. The minimum Gasteiger partial charge on any atom is -0.308 e. The normalized spacial score (nSPS) is 21.1. The van der Waals surface area contributed by atoms with Gasteiger partial charge in [0.05, 0.1) is 0 Å². The third-order valence-corrected chi connectivity index (χ3v) is 3.41. The van der Waals surface area contributed by atoms with Gasteiger partial charge in [0.25, 0.3) is 5.91 Å². The Hall–Kier alpha value is -1.90. The van der Waals surface area contributed by atoms with Crippen molar-refractivity contribution in [1.29, 1.82) is 0 Å². The zero-order valence-electron chi connectivity index (χ0n) is 10.7. The monoisotopic (exact) mass is 240 g/mol. The molecule has 0 radical (unpaired) electrons. The molecule has 1 aromatic carbocycles. The molecule has 1 aliphatic heterocycles. The Kier molecular flexibility index (Phi) is 2.54. The van der Waals surface area contributed by atoms with Crippen molar-refractivity contribution in [1.82, 2.24) is 5.32 Å². The van der Waals surface area contributed by atoms with Crippen LogP contribution in [0.3, 0.4) is 0 Å². The Bertz CT molecular complexity index is 580. The van der Waals surface area contributed by atoms with Crippen molar-refractivity contribution < 1.29 is 4.79 Å². The number of hydrogen-bond acceptors (Lipinski definition) is 2. The number of amides is 1. The first-order chi connectivity index (χ1) is 8.63. The van der Waals surface area contributed by atoms with Gasteiger partial charge in [-0.1, -0.05) is 23.8 Å². The Morgan fingerprint density at radius 2 is 2.11 bits per heavy atom. The van der Waals surface area contributed by atoms with Gasteiger partial charge in [-0.15, -0.1) is 0 Å². The van der Waals surface area contributed by atoms with Crippen LogP contribution in [-0.4, -0.2) is 11.7 Å². The van der Waals surface area contributed by atoms with Gasteiger partial charge in [0.2, 0.25) is 0 Å². The van der Waals surface area contributed by atoms with E-state index in [2.05, 4.69) is 35.4 Å². The van der Waals surface area contributed by atoms with E-state index in [0.717, 1.165) is 29.8 Å². The fourth-order valence-corrected chi connectivity index (χ4v) is 2.10. The van der Waals surface area contributed by atoms with E-state index < -0.39 is 0 Å². The summed E-state index contributed by atoms with van der Waals surface area (Å²) >= 11 is 0. The van der Waals surface area contributed by atoms with E-state index in [1.54, 1.807) is 0 Å². The quantitative estimate of drug-likeness (QED) is 0.793. The van der Waals surface area contributed by atoms with Crippen molar-refractivity contribution in [2.24, 2.45) is 10.9 Å². The van der Waals surface area contributed by atoms with Gasteiger partial charge in [0, 0.05) is 5.92 Å². The summed E-state index contributed by atoms with van der Waals surface area (Å²) in [4.78, 5) is 16.2. The summed E-state index contributed by atoms with van der Waals surface area (Å²) in [5.41, 5.74) is 3.96. The second-order valence-corrected chi connectivity index (χ2v) is 5.12. The van der Waals surface area contributed by atoms with Crippen LogP contribution in [0.1, 0.15) is 29.5 Å². The molecule has 0 unspecified atom stereocenters. The fraction of sp³-hybridized carbons (Fsp3) is 0.333. The van der Waals surface area contributed by atoms with E-state index >= 15 is 0 Å². The van der Waals surface area contributed by atoms with Crippen LogP contribution in [0.5, 0.6) is 0 Å². The summed E-state index contributed by atoms with van der Waals surface area (Å²) in [6, 6.07) is 6.23. The molecule has 1 aliphatic carbocycles. The van der Waals surface area contributed by atoms with Crippen LogP contribution < -0.4 is 5.32 Å². The second-order valence-electron chi connectivity index (χ2n) is 5.12. The maximum atomic E-state index is 11.8. The molecule has 1 N–H and O–H groups in total. The number of aliphatic imine (C=N–C) groups is 1. The largest absolute Gasteiger partial charge is 0.308 e. The van der Waals surface area contributed by atoms with Crippen LogP contribution in [0.15, 0.2) is 28.9 Å². The Morgan fingerprint density at radius 1 is 1.33 bits per heavy atom. The van der Waals surface area contributed by atoms with Gasteiger partial charge in [-0.2, -0.15) is 0 Å². The number of hydrogen-bond donors (Lipinski definition) is 1. The highest BCUT2D eigenvalue weighted by Gasteiger charge is 2.33. The van der Waals surface area contributed by atoms with Crippen LogP contribution in [0.2, 0.25) is 0 Å². The van der Waals surface area contributed by atoms with Gasteiger partial charge < -0.3 is 5.32 Å². The molecule has 1 aromatic rings. The second kappa shape index (κ2) is 4.09. The molecule has 3 nitrogen and oxygen atoms in total. The third-order valence-electron chi connectivity index (χ3n) is 3.41. The molecule has 2 aliphatic rings. The number of carbonyl (C=O) groups excluding carboxylic acids is 1. The van der Waals surface area contributed by atoms with Gasteiger partial charge in [0.1, 0.15) is 11.5 Å². The predicted octanol–water partition coefficient (Wildman–Crippen LogP) is 2.58. The summed E-state index contributed by atoms with van der Waals surface area (Å²) in [6.45, 7) is 4.10. The summed E-state index contributed by atoms with van der Waals surface area (Å²) in [7, 11) is 0. The number of nitrogens with zero attached hydrogens (tertiary/aromatic N) is 1. The molecule has 3 rings (SSSR count). The molecule has 1 saturated carbocycles. The molecular formula is C15H16N2O. The van der Waals surface area contributed by atoms with Crippen LogP contribution in [0.25, 0.3) is 6.08 Å². The standard InChI is InChI=1S/C15H16N2O/c1-9-3-4-10(2)12(7-9)8-13-15(18)17-14(16-13)11-5-6-11/h3-4,7-8,11H,5-6H2,1-2H3,(H,16,17,18)/b13-8+. The lowest BCUT2D eigenvalue weighted by Crippen LogP contribution is -2.25. The SMILES string of the molecule is Cc1ccc(C)c(/C=C2/N=C(C3CC3)NC2=O)c1. The topological polar surface area (TPSA) is 41.5 Å². The van der Waals surface area contributed by atoms with E-state index in [1.807, 2.05) is 13.0 Å². The average molecular weight is 240 g/mol. The third kappa shape index (κ3) is 2.08. The number of rotatable bonds is 2. The molecule has 92 valence electrons. The van der Waals surface area contributed by atoms with E-state index in [0.29, 0.717) is 11.6 Å². The van der Waals surface area contributed by atoms with E-state index in [1.165, 1.54) is 5.56 Å². The smallest absolute Gasteiger partial charge is 0.275 e. The average Bonchev–Trinajstić information content (AvgIpc) is 3.11. The fourth-order valence-electron chi connectivity index (χ4n) is 2.10. The van der Waals surface area contributed by atoms with Crippen molar-refractivity contribution in [2.75, 3.05) is 0 Å². The molecule has 1 amide bonds. The Morgan fingerprint density at radius 3 is 2.83 bits per heavy atom. The van der Waals surface area contributed by atoms with Crippen LogP contribution in [0.4, 0.5) is 0 Å². The number of carbonyl (C=O) groups is 1. The number of aryl methyl sites for hydroxylation is 2. The van der Waals surface area contributed by atoms with Crippen molar-refractivity contribution in [3.8, 4) is 0 Å². The van der Waals surface area contributed by atoms with Gasteiger partial charge >= 0.3 is 0 Å². The van der Waals surface area contributed by atoms with Crippen molar-refractivity contribution in [2.45, 2.75) is 26.7 Å². The Balaban J connectivity index is 1.95. The lowest BCUT2D eigenvalue weighted by atomic mass is 10.0. The van der Waals surface area contributed by atoms with Gasteiger partial charge in [0.15, 0.2) is 0 Å². The summed E-state index contributed by atoms with van der Waals surface area (Å²) in [5.74, 6) is 1.27. The zero-order valence-corrected chi connectivity index (χ0v) is 10.7. The first-order valence-electron chi connectivity index (χ1n) is 6.32. The van der Waals surface area contributed by atoms with E-state index in [9.17, 15) is 4.79 Å². The van der Waals surface area contributed by atoms with Crippen molar-refractivity contribution in [3.05, 3.63) is 40.6 Å². The first-order valence-corrected chi connectivity index (χ1v) is 6.32. The van der Waals surface area contributed by atoms with Gasteiger partial charge in [-0.05, 0) is 43.9 Å². The van der Waals surface area contributed by atoms with Crippen molar-refractivity contribution in [3.63, 3.8) is 0 Å². The van der Waals surface area contributed by atoms with Gasteiger partial charge in [-0.25, -0.2) is 4.99 Å². The Labute approximate surface area is 107 Å². The molecule has 1 heterocycles. The summed E-state index contributed by atoms with van der Waals surface area (Å²) in [5, 5.41) is 2.86. The first kappa shape index (κ1) is 11.2. The van der Waals surface area contributed by atoms with Crippen LogP contribution >= 0.6 is 0 Å². The molecule has 18 heavy (non-hydrogen) atoms. The molecule has 0 bridgehead atoms. The lowest BCUT2D eigenvalue weighted by Gasteiger charge is -2.02. The van der Waals surface area contributed by atoms with Crippen molar-refractivity contribution >= 4 is 17.8 Å². The molecule has 0 aromatic heterocycles. The minimum atomic E-state index is -0.0715. The predicted molar refractivity (Wildman–Crippen MR) is 72.2 cm³/mol. The maximum absolute atomic E-state index is 11.8. The molecule has 0 atom stereocenters. The van der Waals surface area contributed by atoms with Crippen LogP contribution in [-0.2, 0) is 4.79 Å². The highest BCUT2D eigenvalue weighted by atomic mass is 16.2.